The zero-order valence-corrected chi connectivity index (χ0v) is 11.3. The largest absolute Gasteiger partial charge is 0.431 e. The van der Waals surface area contributed by atoms with Gasteiger partial charge in [0.1, 0.15) is 0 Å². The molecule has 1 heterocycles. The second-order valence-electron chi connectivity index (χ2n) is 4.73. The van der Waals surface area contributed by atoms with E-state index in [0.29, 0.717) is 5.56 Å². The predicted octanol–water partition coefficient (Wildman–Crippen LogP) is 2.66. The third-order valence-electron chi connectivity index (χ3n) is 3.00. The van der Waals surface area contributed by atoms with Crippen LogP contribution in [0.5, 0.6) is 0 Å². The maximum atomic E-state index is 12.7. The Kier molecular flexibility index (Phi) is 3.53. The van der Waals surface area contributed by atoms with Crippen LogP contribution in [-0.4, -0.2) is 25.2 Å². The van der Waals surface area contributed by atoms with Crippen molar-refractivity contribution in [2.75, 3.05) is 0 Å². The van der Waals surface area contributed by atoms with E-state index in [1.54, 1.807) is 30.3 Å². The van der Waals surface area contributed by atoms with E-state index in [2.05, 4.69) is 9.99 Å². The highest BCUT2D eigenvalue weighted by atomic mass is 32.2. The van der Waals surface area contributed by atoms with E-state index < -0.39 is 38.8 Å². The summed E-state index contributed by atoms with van der Waals surface area (Å²) in [6.07, 6.45) is -5.48. The minimum atomic E-state index is -4.68. The van der Waals surface area contributed by atoms with Crippen LogP contribution in [0.1, 0.15) is 18.9 Å². The van der Waals surface area contributed by atoms with Gasteiger partial charge < -0.3 is 4.84 Å². The van der Waals surface area contributed by atoms with Gasteiger partial charge >= 0.3 is 6.18 Å². The second kappa shape index (κ2) is 4.76. The Morgan fingerprint density at radius 1 is 1.30 bits per heavy atom. The van der Waals surface area contributed by atoms with Gasteiger partial charge in [0.05, 0.1) is 12.2 Å². The Morgan fingerprint density at radius 2 is 1.90 bits per heavy atom. The van der Waals surface area contributed by atoms with Crippen molar-refractivity contribution in [3.05, 3.63) is 35.9 Å². The monoisotopic (exact) mass is 307 g/mol. The molecule has 0 spiro atoms. The van der Waals surface area contributed by atoms with Gasteiger partial charge in [0.15, 0.2) is 14.9 Å². The Morgan fingerprint density at radius 3 is 2.40 bits per heavy atom. The Bertz CT molecular complexity index is 625. The molecule has 0 fully saturated rings. The minimum absolute atomic E-state index is 0.399. The lowest BCUT2D eigenvalue weighted by atomic mass is 10.0. The summed E-state index contributed by atoms with van der Waals surface area (Å²) in [5, 5.41) is 2.56. The molecule has 1 unspecified atom stereocenters. The number of sulfone groups is 1. The third kappa shape index (κ3) is 2.79. The predicted molar refractivity (Wildman–Crippen MR) is 66.7 cm³/mol. The Balaban J connectivity index is 2.17. The topological polar surface area (TPSA) is 55.7 Å². The average molecular weight is 307 g/mol. The van der Waals surface area contributed by atoms with Crippen LogP contribution in [0.3, 0.4) is 0 Å². The van der Waals surface area contributed by atoms with Gasteiger partial charge in [0.25, 0.3) is 0 Å². The van der Waals surface area contributed by atoms with Gasteiger partial charge in [-0.15, -0.1) is 0 Å². The highest BCUT2D eigenvalue weighted by Crippen LogP contribution is 2.40. The zero-order valence-electron chi connectivity index (χ0n) is 10.5. The smallest absolute Gasteiger partial charge is 0.378 e. The number of halogens is 3. The molecular weight excluding hydrogens is 295 g/mol. The van der Waals surface area contributed by atoms with E-state index in [1.807, 2.05) is 0 Å². The number of oxime groups is 1. The first-order chi connectivity index (χ1) is 9.14. The molecule has 0 aromatic heterocycles. The van der Waals surface area contributed by atoms with Crippen LogP contribution < -0.4 is 0 Å². The van der Waals surface area contributed by atoms with Crippen molar-refractivity contribution in [2.45, 2.75) is 30.9 Å². The van der Waals surface area contributed by atoms with Crippen LogP contribution in [0.2, 0.25) is 0 Å². The summed E-state index contributed by atoms with van der Waals surface area (Å²) in [4.78, 5) is 4.33. The van der Waals surface area contributed by atoms with Crippen LogP contribution in [-0.2, 0) is 20.4 Å². The van der Waals surface area contributed by atoms with Crippen molar-refractivity contribution < 1.29 is 26.4 Å². The molecule has 1 aliphatic heterocycles. The fourth-order valence-electron chi connectivity index (χ4n) is 1.70. The van der Waals surface area contributed by atoms with Gasteiger partial charge in [-0.2, -0.15) is 13.2 Å². The van der Waals surface area contributed by atoms with Crippen LogP contribution in [0.15, 0.2) is 35.5 Å². The first-order valence-corrected chi connectivity index (χ1v) is 7.38. The average Bonchev–Trinajstić information content (AvgIpc) is 2.74. The summed E-state index contributed by atoms with van der Waals surface area (Å²) < 4.78 is 62.3. The van der Waals surface area contributed by atoms with Crippen LogP contribution >= 0.6 is 0 Å². The van der Waals surface area contributed by atoms with Crippen molar-refractivity contribution >= 4 is 14.9 Å². The van der Waals surface area contributed by atoms with Crippen molar-refractivity contribution in [2.24, 2.45) is 5.16 Å². The zero-order chi connectivity index (χ0) is 15.0. The second-order valence-corrected chi connectivity index (χ2v) is 6.72. The van der Waals surface area contributed by atoms with Gasteiger partial charge in [-0.1, -0.05) is 35.5 Å². The molecule has 1 atom stereocenters. The summed E-state index contributed by atoms with van der Waals surface area (Å²) in [5.74, 6) is -0.399. The van der Waals surface area contributed by atoms with Crippen molar-refractivity contribution in [3.8, 4) is 0 Å². The third-order valence-corrected chi connectivity index (χ3v) is 4.65. The Hall–Kier alpha value is -1.57. The van der Waals surface area contributed by atoms with Crippen LogP contribution in [0.25, 0.3) is 0 Å². The van der Waals surface area contributed by atoms with Crippen molar-refractivity contribution in [3.63, 3.8) is 0 Å². The molecule has 4 nitrogen and oxygen atoms in total. The molecule has 0 amide bonds. The summed E-state index contributed by atoms with van der Waals surface area (Å²) in [5.41, 5.74) is -2.10. The lowest BCUT2D eigenvalue weighted by molar-refractivity contribution is -0.261. The van der Waals surface area contributed by atoms with Crippen molar-refractivity contribution in [1.29, 1.82) is 0 Å². The van der Waals surface area contributed by atoms with Crippen LogP contribution in [0, 0.1) is 0 Å². The number of hydrogen-bond acceptors (Lipinski definition) is 4. The summed E-state index contributed by atoms with van der Waals surface area (Å²) in [6.45, 7) is 0.779. The molecule has 2 rings (SSSR count). The molecule has 1 aromatic carbocycles. The lowest BCUT2D eigenvalue weighted by Gasteiger charge is -2.23. The normalized spacial score (nSPS) is 23.3. The summed E-state index contributed by atoms with van der Waals surface area (Å²) in [6, 6.07) is 8.18. The molecule has 20 heavy (non-hydrogen) atoms. The molecule has 110 valence electrons. The van der Waals surface area contributed by atoms with Gasteiger partial charge in [0.2, 0.25) is 5.60 Å². The van der Waals surface area contributed by atoms with Gasteiger partial charge in [0, 0.05) is 0 Å². The molecule has 8 heteroatoms. The number of rotatable bonds is 2. The Labute approximate surface area is 114 Å². The molecule has 0 bridgehead atoms. The molecular formula is C12H12F3NO3S. The van der Waals surface area contributed by atoms with E-state index in [1.165, 1.54) is 0 Å². The van der Waals surface area contributed by atoms with Crippen LogP contribution in [0.4, 0.5) is 13.2 Å². The van der Waals surface area contributed by atoms with Gasteiger partial charge in [-0.25, -0.2) is 8.42 Å². The first kappa shape index (κ1) is 14.8. The van der Waals surface area contributed by atoms with E-state index in [9.17, 15) is 21.6 Å². The molecule has 0 saturated carbocycles. The molecule has 0 saturated heterocycles. The van der Waals surface area contributed by atoms with Crippen molar-refractivity contribution in [1.82, 2.24) is 0 Å². The number of hydrogen-bond donors (Lipinski definition) is 0. The summed E-state index contributed by atoms with van der Waals surface area (Å²) >= 11 is 0. The van der Waals surface area contributed by atoms with E-state index in [-0.39, 0.29) is 0 Å². The van der Waals surface area contributed by atoms with Gasteiger partial charge in [-0.3, -0.25) is 0 Å². The first-order valence-electron chi connectivity index (χ1n) is 5.72. The molecule has 0 N–H and O–H groups in total. The maximum absolute atomic E-state index is 12.7. The quantitative estimate of drug-likeness (QED) is 0.844. The van der Waals surface area contributed by atoms with E-state index >= 15 is 0 Å². The SMILES string of the molecule is CC1(C(F)(F)F)CC(S(=O)(=O)Cc2ccccc2)=NO1. The summed E-state index contributed by atoms with van der Waals surface area (Å²) in [7, 11) is -3.92. The number of nitrogens with zero attached hydrogens (tertiary/aromatic N) is 1. The van der Waals surface area contributed by atoms with E-state index in [4.69, 9.17) is 0 Å². The highest BCUT2D eigenvalue weighted by Gasteiger charge is 2.58. The van der Waals surface area contributed by atoms with Gasteiger partial charge in [-0.05, 0) is 12.5 Å². The minimum Gasteiger partial charge on any atom is -0.378 e. The highest BCUT2D eigenvalue weighted by molar-refractivity contribution is 8.05. The molecule has 0 radical (unpaired) electrons. The number of benzene rings is 1. The van der Waals surface area contributed by atoms with E-state index in [0.717, 1.165) is 6.92 Å². The molecule has 1 aliphatic rings. The standard InChI is InChI=1S/C12H12F3NO3S/c1-11(12(13,14)15)7-10(16-19-11)20(17,18)8-9-5-3-2-4-6-9/h2-6H,7-8H2,1H3. The molecule has 1 aromatic rings. The maximum Gasteiger partial charge on any atom is 0.431 e. The lowest BCUT2D eigenvalue weighted by Crippen LogP contribution is -2.42. The fourth-order valence-corrected chi connectivity index (χ4v) is 3.14. The molecule has 0 aliphatic carbocycles. The fraction of sp³-hybridized carbons (Fsp3) is 0.417. The number of alkyl halides is 3.